The Morgan fingerprint density at radius 2 is 2.25 bits per heavy atom. The van der Waals surface area contributed by atoms with E-state index in [0.717, 1.165) is 0 Å². The van der Waals surface area contributed by atoms with Gasteiger partial charge in [0.1, 0.15) is 4.21 Å². The second kappa shape index (κ2) is 4.73. The Morgan fingerprint density at radius 1 is 1.56 bits per heavy atom. The van der Waals surface area contributed by atoms with Crippen molar-refractivity contribution in [2.24, 2.45) is 5.92 Å². The Kier molecular flexibility index (Phi) is 3.70. The third kappa shape index (κ3) is 2.65. The van der Waals surface area contributed by atoms with Crippen molar-refractivity contribution >= 4 is 37.3 Å². The smallest absolute Gasteiger partial charge is 0.251 e. The topological polar surface area (TPSA) is 66.4 Å². The summed E-state index contributed by atoms with van der Waals surface area (Å²) >= 11 is 4.39. The van der Waals surface area contributed by atoms with Crippen LogP contribution in [0.15, 0.2) is 20.1 Å². The summed E-state index contributed by atoms with van der Waals surface area (Å²) in [5, 5.41) is 10.8. The van der Waals surface area contributed by atoms with Gasteiger partial charge >= 0.3 is 0 Å². The minimum absolute atomic E-state index is 0.247. The number of thiophene rings is 1. The van der Waals surface area contributed by atoms with Crippen LogP contribution in [0, 0.1) is 5.92 Å². The summed E-state index contributed by atoms with van der Waals surface area (Å²) in [6.45, 7) is 0.406. The Labute approximate surface area is 107 Å². The van der Waals surface area contributed by atoms with Crippen molar-refractivity contribution in [1.29, 1.82) is 0 Å². The predicted octanol–water partition coefficient (Wildman–Crippen LogP) is 1.56. The van der Waals surface area contributed by atoms with Crippen molar-refractivity contribution in [2.45, 2.75) is 23.2 Å². The molecule has 0 bridgehead atoms. The van der Waals surface area contributed by atoms with Gasteiger partial charge in [0.05, 0.1) is 6.10 Å². The van der Waals surface area contributed by atoms with Gasteiger partial charge in [-0.2, -0.15) is 0 Å². The van der Waals surface area contributed by atoms with Crippen LogP contribution in [0.2, 0.25) is 0 Å². The Morgan fingerprint density at radius 3 is 2.75 bits per heavy atom. The minimum Gasteiger partial charge on any atom is -0.393 e. The molecule has 0 saturated heterocycles. The molecule has 16 heavy (non-hydrogen) atoms. The third-order valence-electron chi connectivity index (χ3n) is 2.60. The number of sulfonamides is 1. The molecular weight excluding hydrogens is 314 g/mol. The molecule has 1 aliphatic carbocycles. The second-order valence-corrected chi connectivity index (χ2v) is 7.63. The molecule has 90 valence electrons. The quantitative estimate of drug-likeness (QED) is 0.882. The first-order valence-corrected chi connectivity index (χ1v) is 8.05. The van der Waals surface area contributed by atoms with Gasteiger partial charge in [0, 0.05) is 11.0 Å². The molecule has 2 rings (SSSR count). The van der Waals surface area contributed by atoms with Crippen LogP contribution in [0.4, 0.5) is 0 Å². The van der Waals surface area contributed by atoms with Crippen molar-refractivity contribution in [2.75, 3.05) is 6.54 Å². The summed E-state index contributed by atoms with van der Waals surface area (Å²) in [5.74, 6) is 0.267. The lowest BCUT2D eigenvalue weighted by molar-refractivity contribution is 0.0453. The fraction of sp³-hybridized carbons (Fsp3) is 0.556. The van der Waals surface area contributed by atoms with Gasteiger partial charge < -0.3 is 5.11 Å². The van der Waals surface area contributed by atoms with E-state index in [-0.39, 0.29) is 12.0 Å². The van der Waals surface area contributed by atoms with Crippen molar-refractivity contribution in [3.63, 3.8) is 0 Å². The number of rotatable bonds is 4. The highest BCUT2D eigenvalue weighted by molar-refractivity contribution is 9.10. The SMILES string of the molecule is O=S(=O)(NCC1CC(O)C1)c1sccc1Br. The average molecular weight is 326 g/mol. The van der Waals surface area contributed by atoms with Gasteiger partial charge in [-0.3, -0.25) is 0 Å². The number of aliphatic hydroxyl groups is 1. The largest absolute Gasteiger partial charge is 0.393 e. The molecule has 1 aliphatic rings. The van der Waals surface area contributed by atoms with Crippen LogP contribution in [0.25, 0.3) is 0 Å². The van der Waals surface area contributed by atoms with Crippen molar-refractivity contribution < 1.29 is 13.5 Å². The molecule has 1 heterocycles. The molecule has 2 N–H and O–H groups in total. The predicted molar refractivity (Wildman–Crippen MR) is 65.9 cm³/mol. The van der Waals surface area contributed by atoms with Gasteiger partial charge in [0.15, 0.2) is 0 Å². The Balaban J connectivity index is 1.96. The Hall–Kier alpha value is 0.0500. The molecule has 0 aromatic carbocycles. The molecule has 0 unspecified atom stereocenters. The zero-order valence-corrected chi connectivity index (χ0v) is 11.6. The van der Waals surface area contributed by atoms with Gasteiger partial charge in [0.2, 0.25) is 0 Å². The summed E-state index contributed by atoms with van der Waals surface area (Å²) in [5.41, 5.74) is 0. The summed E-state index contributed by atoms with van der Waals surface area (Å²) in [7, 11) is -3.40. The minimum atomic E-state index is -3.40. The highest BCUT2D eigenvalue weighted by Gasteiger charge is 2.29. The van der Waals surface area contributed by atoms with Crippen LogP contribution in [0.3, 0.4) is 0 Å². The highest BCUT2D eigenvalue weighted by Crippen LogP contribution is 2.29. The molecule has 4 nitrogen and oxygen atoms in total. The lowest BCUT2D eigenvalue weighted by Gasteiger charge is -2.31. The van der Waals surface area contributed by atoms with Gasteiger partial charge in [-0.1, -0.05) is 0 Å². The lowest BCUT2D eigenvalue weighted by atomic mass is 9.83. The van der Waals surface area contributed by atoms with E-state index in [1.807, 2.05) is 0 Å². The van der Waals surface area contributed by atoms with E-state index >= 15 is 0 Å². The van der Waals surface area contributed by atoms with E-state index in [4.69, 9.17) is 5.11 Å². The van der Waals surface area contributed by atoms with E-state index in [1.165, 1.54) is 11.3 Å². The maximum Gasteiger partial charge on any atom is 0.251 e. The van der Waals surface area contributed by atoms with Gasteiger partial charge in [-0.05, 0) is 46.1 Å². The Bertz CT molecular complexity index is 465. The first kappa shape index (κ1) is 12.5. The van der Waals surface area contributed by atoms with Crippen molar-refractivity contribution in [3.8, 4) is 0 Å². The van der Waals surface area contributed by atoms with Gasteiger partial charge in [-0.15, -0.1) is 11.3 Å². The fourth-order valence-electron chi connectivity index (χ4n) is 1.63. The number of halogens is 1. The van der Waals surface area contributed by atoms with Crippen LogP contribution >= 0.6 is 27.3 Å². The number of aliphatic hydroxyl groups excluding tert-OH is 1. The van der Waals surface area contributed by atoms with Crippen LogP contribution < -0.4 is 4.72 Å². The number of hydrogen-bond donors (Lipinski definition) is 2. The van der Waals surface area contributed by atoms with Gasteiger partial charge in [0.25, 0.3) is 10.0 Å². The molecule has 1 saturated carbocycles. The van der Waals surface area contributed by atoms with E-state index in [2.05, 4.69) is 20.7 Å². The standard InChI is InChI=1S/C9H12BrNO3S2/c10-8-1-2-15-9(8)16(13,14)11-5-6-3-7(12)4-6/h1-2,6-7,11-12H,3-5H2. The maximum atomic E-state index is 11.8. The molecule has 0 atom stereocenters. The normalized spacial score (nSPS) is 25.4. The molecule has 0 radical (unpaired) electrons. The van der Waals surface area contributed by atoms with E-state index in [9.17, 15) is 8.42 Å². The van der Waals surface area contributed by atoms with E-state index < -0.39 is 10.0 Å². The molecule has 1 aromatic rings. The van der Waals surface area contributed by atoms with Gasteiger partial charge in [-0.25, -0.2) is 13.1 Å². The molecule has 0 spiro atoms. The van der Waals surface area contributed by atoms with Crippen molar-refractivity contribution in [1.82, 2.24) is 4.72 Å². The molecular formula is C9H12BrNO3S2. The zero-order chi connectivity index (χ0) is 11.8. The maximum absolute atomic E-state index is 11.8. The molecule has 0 amide bonds. The summed E-state index contributed by atoms with van der Waals surface area (Å²) in [6, 6.07) is 1.71. The van der Waals surface area contributed by atoms with Crippen LogP contribution in [0.1, 0.15) is 12.8 Å². The van der Waals surface area contributed by atoms with E-state index in [0.29, 0.717) is 28.1 Å². The summed E-state index contributed by atoms with van der Waals surface area (Å²) < 4.78 is 27.2. The highest BCUT2D eigenvalue weighted by atomic mass is 79.9. The first-order valence-electron chi connectivity index (χ1n) is 4.90. The van der Waals surface area contributed by atoms with Crippen molar-refractivity contribution in [3.05, 3.63) is 15.9 Å². The molecule has 0 aliphatic heterocycles. The monoisotopic (exact) mass is 325 g/mol. The van der Waals surface area contributed by atoms with Crippen LogP contribution in [-0.4, -0.2) is 26.2 Å². The molecule has 7 heteroatoms. The summed E-state index contributed by atoms with van der Waals surface area (Å²) in [4.78, 5) is 0. The van der Waals surface area contributed by atoms with Crippen LogP contribution in [-0.2, 0) is 10.0 Å². The average Bonchev–Trinajstić information content (AvgIpc) is 2.58. The third-order valence-corrected chi connectivity index (χ3v) is 6.69. The zero-order valence-electron chi connectivity index (χ0n) is 8.39. The second-order valence-electron chi connectivity index (χ2n) is 3.90. The van der Waals surface area contributed by atoms with Crippen LogP contribution in [0.5, 0.6) is 0 Å². The molecule has 1 aromatic heterocycles. The number of hydrogen-bond acceptors (Lipinski definition) is 4. The fourth-order valence-corrected chi connectivity index (χ4v) is 5.13. The first-order chi connectivity index (χ1) is 7.49. The molecule has 1 fully saturated rings. The summed E-state index contributed by atoms with van der Waals surface area (Å²) in [6.07, 6.45) is 1.13. The lowest BCUT2D eigenvalue weighted by Crippen LogP contribution is -2.38. The van der Waals surface area contributed by atoms with E-state index in [1.54, 1.807) is 11.4 Å². The number of nitrogens with one attached hydrogen (secondary N) is 1.